The Morgan fingerprint density at radius 2 is 1.62 bits per heavy atom. The molecule has 0 saturated heterocycles. The number of rotatable bonds is 6. The van der Waals surface area contributed by atoms with Crippen molar-refractivity contribution < 1.29 is 22.1 Å². The van der Waals surface area contributed by atoms with E-state index in [4.69, 9.17) is 9.47 Å². The van der Waals surface area contributed by atoms with Gasteiger partial charge in [-0.2, -0.15) is 0 Å². The predicted octanol–water partition coefficient (Wildman–Crippen LogP) is 3.02. The Balaban J connectivity index is 2.24. The topological polar surface area (TPSA) is 74.6 Å². The van der Waals surface area contributed by atoms with Crippen molar-refractivity contribution in [2.75, 3.05) is 20.0 Å². The largest absolute Gasteiger partial charge is 0.497 e. The molecule has 0 aliphatic rings. The van der Waals surface area contributed by atoms with E-state index in [1.165, 1.54) is 36.5 Å². The Morgan fingerprint density at radius 3 is 2.19 bits per heavy atom. The zero-order valence-electron chi connectivity index (χ0n) is 14.6. The molecule has 2 aromatic carbocycles. The minimum absolute atomic E-state index is 0.125. The molecule has 0 N–H and O–H groups in total. The highest BCUT2D eigenvalue weighted by atomic mass is 32.2. The molecule has 3 aromatic rings. The van der Waals surface area contributed by atoms with Crippen LogP contribution in [0.5, 0.6) is 11.5 Å². The molecule has 0 amide bonds. The van der Waals surface area contributed by atoms with Crippen LogP contribution in [-0.2, 0) is 20.8 Å². The Labute approximate surface area is 154 Å². The van der Waals surface area contributed by atoms with E-state index in [0.29, 0.717) is 33.1 Å². The zero-order valence-corrected chi connectivity index (χ0v) is 16.3. The van der Waals surface area contributed by atoms with Gasteiger partial charge < -0.3 is 9.47 Å². The average molecular weight is 393 g/mol. The second-order valence-electron chi connectivity index (χ2n) is 5.49. The molecule has 1 aromatic heterocycles. The summed E-state index contributed by atoms with van der Waals surface area (Å²) in [6, 6.07) is 11.2. The van der Waals surface area contributed by atoms with E-state index in [2.05, 4.69) is 0 Å². The van der Waals surface area contributed by atoms with Crippen LogP contribution in [0.3, 0.4) is 0 Å². The molecule has 26 heavy (non-hydrogen) atoms. The molecule has 0 aliphatic carbocycles. The maximum absolute atomic E-state index is 13.1. The van der Waals surface area contributed by atoms with E-state index >= 15 is 0 Å². The molecule has 6 nitrogen and oxygen atoms in total. The lowest BCUT2D eigenvalue weighted by molar-refractivity contribution is 0.414. The number of nitrogens with zero attached hydrogens (tertiary/aromatic N) is 1. The fraction of sp³-hybridized carbons (Fsp3) is 0.222. The molecule has 0 fully saturated rings. The van der Waals surface area contributed by atoms with E-state index in [9.17, 15) is 12.6 Å². The Bertz CT molecular complexity index is 1070. The third kappa shape index (κ3) is 3.10. The van der Waals surface area contributed by atoms with Crippen LogP contribution in [0.1, 0.15) is 6.92 Å². The highest BCUT2D eigenvalue weighted by Crippen LogP contribution is 2.31. The molecule has 1 atom stereocenters. The van der Waals surface area contributed by atoms with Crippen molar-refractivity contribution in [1.29, 1.82) is 0 Å². The monoisotopic (exact) mass is 393 g/mol. The summed E-state index contributed by atoms with van der Waals surface area (Å²) in [5, 5.41) is 0.599. The van der Waals surface area contributed by atoms with Crippen LogP contribution in [0.15, 0.2) is 58.5 Å². The molecule has 0 spiro atoms. The van der Waals surface area contributed by atoms with E-state index in [1.54, 1.807) is 37.3 Å². The van der Waals surface area contributed by atoms with Gasteiger partial charge in [-0.25, -0.2) is 12.4 Å². The van der Waals surface area contributed by atoms with Gasteiger partial charge in [0.15, 0.2) is 0 Å². The van der Waals surface area contributed by atoms with Gasteiger partial charge in [0.2, 0.25) is 0 Å². The van der Waals surface area contributed by atoms with Crippen LogP contribution in [-0.4, -0.2) is 36.6 Å². The number of methoxy groups -OCH3 is 2. The van der Waals surface area contributed by atoms with E-state index in [-0.39, 0.29) is 4.90 Å². The summed E-state index contributed by atoms with van der Waals surface area (Å²) < 4.78 is 50.1. The molecule has 138 valence electrons. The van der Waals surface area contributed by atoms with Gasteiger partial charge in [-0.3, -0.25) is 4.21 Å². The van der Waals surface area contributed by atoms with E-state index in [1.807, 2.05) is 0 Å². The molecular formula is C18H19NO5S2. The Hall–Kier alpha value is -2.32. The highest BCUT2D eigenvalue weighted by molar-refractivity contribution is 7.90. The standard InChI is InChI=1S/C18H19NO5S2/c1-4-25(20)18-12-19(17-10-7-14(24-3)11-16(17)18)26(21,22)15-8-5-13(23-2)6-9-15/h5-12H,4H2,1-3H3. The maximum Gasteiger partial charge on any atom is 0.268 e. The van der Waals surface area contributed by atoms with Crippen LogP contribution in [0, 0.1) is 0 Å². The molecule has 3 rings (SSSR count). The lowest BCUT2D eigenvalue weighted by Crippen LogP contribution is -2.11. The summed E-state index contributed by atoms with van der Waals surface area (Å²) >= 11 is 0. The summed E-state index contributed by atoms with van der Waals surface area (Å²) in [5.74, 6) is 1.53. The van der Waals surface area contributed by atoms with Crippen molar-refractivity contribution >= 4 is 31.7 Å². The maximum atomic E-state index is 13.1. The summed E-state index contributed by atoms with van der Waals surface area (Å²) in [5.41, 5.74) is 0.457. The van der Waals surface area contributed by atoms with Gasteiger partial charge >= 0.3 is 0 Å². The Morgan fingerprint density at radius 1 is 1.00 bits per heavy atom. The minimum Gasteiger partial charge on any atom is -0.497 e. The normalized spacial score (nSPS) is 12.9. The summed E-state index contributed by atoms with van der Waals surface area (Å²) in [6.07, 6.45) is 1.43. The smallest absolute Gasteiger partial charge is 0.268 e. The van der Waals surface area contributed by atoms with Crippen molar-refractivity contribution in [3.05, 3.63) is 48.7 Å². The first-order valence-electron chi connectivity index (χ1n) is 7.89. The van der Waals surface area contributed by atoms with Gasteiger partial charge in [0.1, 0.15) is 11.5 Å². The van der Waals surface area contributed by atoms with E-state index < -0.39 is 20.8 Å². The molecule has 8 heteroatoms. The SMILES string of the molecule is CCS(=O)c1cn(S(=O)(=O)c2ccc(OC)cc2)c2ccc(OC)cc12. The molecular weight excluding hydrogens is 374 g/mol. The summed E-state index contributed by atoms with van der Waals surface area (Å²) in [4.78, 5) is 0.596. The number of aromatic nitrogens is 1. The van der Waals surface area contributed by atoms with Gasteiger partial charge in [0.25, 0.3) is 10.0 Å². The van der Waals surface area contributed by atoms with Crippen molar-refractivity contribution in [2.45, 2.75) is 16.7 Å². The quantitative estimate of drug-likeness (QED) is 0.644. The first kappa shape index (κ1) is 18.5. The van der Waals surface area contributed by atoms with Crippen LogP contribution >= 0.6 is 0 Å². The van der Waals surface area contributed by atoms with Crippen LogP contribution in [0.2, 0.25) is 0 Å². The average Bonchev–Trinajstić information content (AvgIpc) is 3.06. The van der Waals surface area contributed by atoms with E-state index in [0.717, 1.165) is 0 Å². The zero-order chi connectivity index (χ0) is 18.9. The number of hydrogen-bond acceptors (Lipinski definition) is 5. The lowest BCUT2D eigenvalue weighted by atomic mass is 10.2. The van der Waals surface area contributed by atoms with Crippen molar-refractivity contribution in [3.63, 3.8) is 0 Å². The van der Waals surface area contributed by atoms with Crippen molar-refractivity contribution in [2.24, 2.45) is 0 Å². The van der Waals surface area contributed by atoms with Crippen LogP contribution in [0.4, 0.5) is 0 Å². The van der Waals surface area contributed by atoms with Gasteiger partial charge in [0, 0.05) is 17.3 Å². The number of fused-ring (bicyclic) bond motifs is 1. The van der Waals surface area contributed by atoms with Crippen molar-refractivity contribution in [3.8, 4) is 11.5 Å². The molecule has 0 aliphatic heterocycles. The highest BCUT2D eigenvalue weighted by Gasteiger charge is 2.23. The van der Waals surface area contributed by atoms with Gasteiger partial charge in [0.05, 0.1) is 40.3 Å². The van der Waals surface area contributed by atoms with Gasteiger partial charge in [-0.15, -0.1) is 0 Å². The second-order valence-corrected chi connectivity index (χ2v) is 9.01. The molecule has 1 unspecified atom stereocenters. The fourth-order valence-corrected chi connectivity index (χ4v) is 5.05. The first-order valence-corrected chi connectivity index (χ1v) is 10.7. The number of hydrogen-bond donors (Lipinski definition) is 0. The second kappa shape index (κ2) is 7.13. The van der Waals surface area contributed by atoms with Crippen LogP contribution < -0.4 is 9.47 Å². The third-order valence-electron chi connectivity index (χ3n) is 4.06. The molecule has 0 bridgehead atoms. The fourth-order valence-electron chi connectivity index (χ4n) is 2.67. The minimum atomic E-state index is -3.85. The predicted molar refractivity (Wildman–Crippen MR) is 101 cm³/mol. The molecule has 0 saturated carbocycles. The summed E-state index contributed by atoms with van der Waals surface area (Å²) in [7, 11) is -2.11. The van der Waals surface area contributed by atoms with Crippen LogP contribution in [0.25, 0.3) is 10.9 Å². The van der Waals surface area contributed by atoms with Gasteiger partial charge in [-0.1, -0.05) is 6.92 Å². The lowest BCUT2D eigenvalue weighted by Gasteiger charge is -2.08. The molecule has 0 radical (unpaired) electrons. The first-order chi connectivity index (χ1) is 12.4. The van der Waals surface area contributed by atoms with Gasteiger partial charge in [-0.05, 0) is 42.5 Å². The summed E-state index contributed by atoms with van der Waals surface area (Å²) in [6.45, 7) is 1.79. The number of ether oxygens (including phenoxy) is 2. The van der Waals surface area contributed by atoms with Crippen molar-refractivity contribution in [1.82, 2.24) is 3.97 Å². The molecule has 1 heterocycles. The Kier molecular flexibility index (Phi) is 5.06. The number of benzene rings is 2. The third-order valence-corrected chi connectivity index (χ3v) is 7.09.